The molecule has 0 atom stereocenters. The van der Waals surface area contributed by atoms with Crippen LogP contribution in [0.3, 0.4) is 0 Å². The number of hydrogen-bond acceptors (Lipinski definition) is 3. The Morgan fingerprint density at radius 1 is 1.04 bits per heavy atom. The van der Waals surface area contributed by atoms with E-state index in [0.29, 0.717) is 10.2 Å². The second-order valence-corrected chi connectivity index (χ2v) is 8.17. The van der Waals surface area contributed by atoms with Crippen LogP contribution in [-0.2, 0) is 17.1 Å². The number of fused-ring (bicyclic) bond motifs is 1. The van der Waals surface area contributed by atoms with Gasteiger partial charge in [-0.1, -0.05) is 12.1 Å². The fraction of sp³-hybridized carbons (Fsp3) is 0.118. The van der Waals surface area contributed by atoms with E-state index in [0.717, 1.165) is 10.9 Å². The maximum Gasteiger partial charge on any atom is 0.265 e. The van der Waals surface area contributed by atoms with Crippen molar-refractivity contribution in [2.45, 2.75) is 4.90 Å². The Morgan fingerprint density at radius 2 is 1.75 bits per heavy atom. The van der Waals surface area contributed by atoms with Crippen LogP contribution in [0.15, 0.2) is 68.8 Å². The van der Waals surface area contributed by atoms with Crippen LogP contribution in [0, 0.1) is 0 Å². The van der Waals surface area contributed by atoms with Gasteiger partial charge in [-0.3, -0.25) is 9.10 Å². The van der Waals surface area contributed by atoms with E-state index in [9.17, 15) is 13.2 Å². The van der Waals surface area contributed by atoms with Crippen LogP contribution >= 0.6 is 15.9 Å². The molecular formula is C17H15BrN2O3S. The molecule has 2 aromatic carbocycles. The summed E-state index contributed by atoms with van der Waals surface area (Å²) in [6.45, 7) is 0. The lowest BCUT2D eigenvalue weighted by molar-refractivity contribution is 0.594. The average molecular weight is 407 g/mol. The van der Waals surface area contributed by atoms with Gasteiger partial charge in [0.2, 0.25) is 0 Å². The summed E-state index contributed by atoms with van der Waals surface area (Å²) in [6, 6.07) is 15.0. The molecule has 5 nitrogen and oxygen atoms in total. The molecule has 0 saturated carbocycles. The highest BCUT2D eigenvalue weighted by Crippen LogP contribution is 2.29. The van der Waals surface area contributed by atoms with Gasteiger partial charge < -0.3 is 4.57 Å². The topological polar surface area (TPSA) is 59.4 Å². The summed E-state index contributed by atoms with van der Waals surface area (Å²) >= 11 is 3.29. The Hall–Kier alpha value is -2.12. The third kappa shape index (κ3) is 2.74. The average Bonchev–Trinajstić information content (AvgIpc) is 2.57. The first-order valence-electron chi connectivity index (χ1n) is 7.15. The number of rotatable bonds is 3. The molecule has 3 aromatic rings. The summed E-state index contributed by atoms with van der Waals surface area (Å²) < 4.78 is 29.0. The van der Waals surface area contributed by atoms with Gasteiger partial charge in [-0.15, -0.1) is 0 Å². The van der Waals surface area contributed by atoms with E-state index in [1.54, 1.807) is 55.6 Å². The third-order valence-corrected chi connectivity index (χ3v) is 6.74. The van der Waals surface area contributed by atoms with Gasteiger partial charge >= 0.3 is 0 Å². The molecule has 0 aliphatic rings. The number of sulfonamides is 1. The molecule has 0 N–H and O–H groups in total. The van der Waals surface area contributed by atoms with Crippen LogP contribution in [0.25, 0.3) is 10.9 Å². The van der Waals surface area contributed by atoms with Crippen molar-refractivity contribution in [3.63, 3.8) is 0 Å². The summed E-state index contributed by atoms with van der Waals surface area (Å²) in [5.74, 6) is 0. The van der Waals surface area contributed by atoms with Crippen LogP contribution in [0.2, 0.25) is 0 Å². The van der Waals surface area contributed by atoms with E-state index >= 15 is 0 Å². The second-order valence-electron chi connectivity index (χ2n) is 5.38. The van der Waals surface area contributed by atoms with Crippen molar-refractivity contribution in [3.05, 3.63) is 69.4 Å². The van der Waals surface area contributed by atoms with E-state index in [4.69, 9.17) is 0 Å². The number of hydrogen-bond donors (Lipinski definition) is 0. The normalized spacial score (nSPS) is 11.6. The Balaban J connectivity index is 2.12. The number of anilines is 1. The summed E-state index contributed by atoms with van der Waals surface area (Å²) in [7, 11) is -0.494. The second kappa shape index (κ2) is 6.07. The van der Waals surface area contributed by atoms with Gasteiger partial charge in [0.15, 0.2) is 0 Å². The maximum absolute atomic E-state index is 12.9. The van der Waals surface area contributed by atoms with Crippen molar-refractivity contribution in [2.75, 3.05) is 11.4 Å². The smallest absolute Gasteiger partial charge is 0.265 e. The van der Waals surface area contributed by atoms with Crippen molar-refractivity contribution in [2.24, 2.45) is 7.05 Å². The van der Waals surface area contributed by atoms with Gasteiger partial charge in [0.1, 0.15) is 4.90 Å². The first-order chi connectivity index (χ1) is 11.3. The monoisotopic (exact) mass is 406 g/mol. The number of pyridine rings is 1. The molecular weight excluding hydrogens is 392 g/mol. The zero-order valence-electron chi connectivity index (χ0n) is 13.1. The molecule has 0 aliphatic heterocycles. The Labute approximate surface area is 148 Å². The van der Waals surface area contributed by atoms with Gasteiger partial charge in [0.25, 0.3) is 15.6 Å². The van der Waals surface area contributed by atoms with Crippen LogP contribution < -0.4 is 9.86 Å². The Bertz CT molecular complexity index is 1090. The summed E-state index contributed by atoms with van der Waals surface area (Å²) in [5, 5.41) is 0.795. The number of halogens is 1. The molecule has 0 amide bonds. The molecule has 0 saturated heterocycles. The largest absolute Gasteiger partial charge is 0.311 e. The van der Waals surface area contributed by atoms with E-state index in [1.165, 1.54) is 22.0 Å². The lowest BCUT2D eigenvalue weighted by Gasteiger charge is -2.21. The molecule has 124 valence electrons. The van der Waals surface area contributed by atoms with Gasteiger partial charge in [-0.05, 0) is 52.3 Å². The van der Waals surface area contributed by atoms with Crippen molar-refractivity contribution >= 4 is 42.5 Å². The van der Waals surface area contributed by atoms with E-state index < -0.39 is 10.0 Å². The number of nitrogens with zero attached hydrogens (tertiary/aromatic N) is 2. The molecule has 3 rings (SSSR count). The highest BCUT2D eigenvalue weighted by Gasteiger charge is 2.23. The van der Waals surface area contributed by atoms with Gasteiger partial charge in [0.05, 0.1) is 11.2 Å². The van der Waals surface area contributed by atoms with Crippen LogP contribution in [-0.4, -0.2) is 20.0 Å². The van der Waals surface area contributed by atoms with Crippen molar-refractivity contribution in [1.82, 2.24) is 4.57 Å². The minimum absolute atomic E-state index is 0.107. The lowest BCUT2D eigenvalue weighted by Crippen LogP contribution is -2.27. The first kappa shape index (κ1) is 16.7. The van der Waals surface area contributed by atoms with Crippen molar-refractivity contribution in [3.8, 4) is 0 Å². The molecule has 7 heteroatoms. The number of aryl methyl sites for hydroxylation is 1. The molecule has 1 aromatic heterocycles. The summed E-state index contributed by atoms with van der Waals surface area (Å²) in [6.07, 6.45) is 0. The zero-order valence-corrected chi connectivity index (χ0v) is 15.5. The molecule has 0 bridgehead atoms. The third-order valence-electron chi connectivity index (χ3n) is 3.95. The molecule has 24 heavy (non-hydrogen) atoms. The standard InChI is InChI=1S/C17H15BrN2O3S/c1-19-15-9-8-13(11-12(15)7-10-17(19)21)20(2)24(22,23)16-6-4-3-5-14(16)18/h3-11H,1-2H3. The van der Waals surface area contributed by atoms with E-state index in [1.807, 2.05) is 0 Å². The fourth-order valence-electron chi connectivity index (χ4n) is 2.51. The molecule has 0 radical (unpaired) electrons. The quantitative estimate of drug-likeness (QED) is 0.671. The molecule has 0 fully saturated rings. The zero-order chi connectivity index (χ0) is 17.5. The van der Waals surface area contributed by atoms with Crippen LogP contribution in [0.1, 0.15) is 0 Å². The van der Waals surface area contributed by atoms with Gasteiger partial charge in [0, 0.05) is 30.0 Å². The Morgan fingerprint density at radius 3 is 2.46 bits per heavy atom. The van der Waals surface area contributed by atoms with Gasteiger partial charge in [-0.2, -0.15) is 0 Å². The maximum atomic E-state index is 12.9. The first-order valence-corrected chi connectivity index (χ1v) is 9.39. The van der Waals surface area contributed by atoms with Crippen molar-refractivity contribution < 1.29 is 8.42 Å². The number of benzene rings is 2. The van der Waals surface area contributed by atoms with Crippen molar-refractivity contribution in [1.29, 1.82) is 0 Å². The number of aromatic nitrogens is 1. The van der Waals surface area contributed by atoms with E-state index in [2.05, 4.69) is 15.9 Å². The predicted octanol–water partition coefficient (Wildman–Crippen LogP) is 3.13. The fourth-order valence-corrected chi connectivity index (χ4v) is 4.66. The minimum Gasteiger partial charge on any atom is -0.311 e. The lowest BCUT2D eigenvalue weighted by atomic mass is 10.2. The van der Waals surface area contributed by atoms with Crippen LogP contribution in [0.5, 0.6) is 0 Å². The molecule has 0 unspecified atom stereocenters. The molecule has 0 aliphatic carbocycles. The van der Waals surface area contributed by atoms with Crippen LogP contribution in [0.4, 0.5) is 5.69 Å². The molecule has 1 heterocycles. The summed E-state index contributed by atoms with van der Waals surface area (Å²) in [4.78, 5) is 11.9. The summed E-state index contributed by atoms with van der Waals surface area (Å²) in [5.41, 5.74) is 1.17. The predicted molar refractivity (Wildman–Crippen MR) is 98.9 cm³/mol. The minimum atomic E-state index is -3.69. The Kier molecular flexibility index (Phi) is 4.23. The molecule has 0 spiro atoms. The van der Waals surface area contributed by atoms with Gasteiger partial charge in [-0.25, -0.2) is 8.42 Å². The highest BCUT2D eigenvalue weighted by atomic mass is 79.9. The SMILES string of the molecule is CN(c1ccc2c(ccc(=O)n2C)c1)S(=O)(=O)c1ccccc1Br. The highest BCUT2D eigenvalue weighted by molar-refractivity contribution is 9.10. The van der Waals surface area contributed by atoms with E-state index in [-0.39, 0.29) is 10.5 Å².